The van der Waals surface area contributed by atoms with Crippen LogP contribution in [-0.4, -0.2) is 72.6 Å². The first-order valence-corrected chi connectivity index (χ1v) is 10.3. The normalized spacial score (nSPS) is 22.4. The molecule has 1 atom stereocenters. The van der Waals surface area contributed by atoms with Crippen molar-refractivity contribution in [1.82, 2.24) is 20.0 Å². The molecule has 1 aromatic rings. The van der Waals surface area contributed by atoms with Crippen LogP contribution in [0.25, 0.3) is 0 Å². The molecule has 1 N–H and O–H groups in total. The van der Waals surface area contributed by atoms with Gasteiger partial charge in [-0.1, -0.05) is 37.1 Å². The topological polar surface area (TPSA) is 38.8 Å². The molecule has 0 aliphatic carbocycles. The molecule has 0 spiro atoms. The van der Waals surface area contributed by atoms with Crippen LogP contribution in [-0.2, 0) is 6.54 Å². The fourth-order valence-corrected chi connectivity index (χ4v) is 4.24. The number of piperidine rings is 1. The van der Waals surface area contributed by atoms with Gasteiger partial charge in [-0.15, -0.1) is 0 Å². The SMILES string of the molecule is CCN1CCCC[C@@H]1CNC(=O)N1CCN(Cc2cccc(Cl)c2)CC1. The molecule has 0 aromatic heterocycles. The van der Waals surface area contributed by atoms with E-state index in [0.717, 1.165) is 50.8 Å². The van der Waals surface area contributed by atoms with Crippen LogP contribution < -0.4 is 5.32 Å². The number of nitrogens with zero attached hydrogens (tertiary/aromatic N) is 3. The highest BCUT2D eigenvalue weighted by molar-refractivity contribution is 6.30. The van der Waals surface area contributed by atoms with E-state index in [9.17, 15) is 4.79 Å². The third-order valence-electron chi connectivity index (χ3n) is 5.60. The summed E-state index contributed by atoms with van der Waals surface area (Å²) in [6.07, 6.45) is 3.76. The van der Waals surface area contributed by atoms with Gasteiger partial charge in [-0.3, -0.25) is 9.80 Å². The van der Waals surface area contributed by atoms with Gasteiger partial charge in [-0.05, 0) is 43.6 Å². The molecule has 0 radical (unpaired) electrons. The maximum atomic E-state index is 12.5. The first-order chi connectivity index (χ1) is 12.7. The average Bonchev–Trinajstić information content (AvgIpc) is 2.67. The quantitative estimate of drug-likeness (QED) is 0.855. The molecule has 26 heavy (non-hydrogen) atoms. The van der Waals surface area contributed by atoms with Crippen molar-refractivity contribution in [3.63, 3.8) is 0 Å². The zero-order valence-corrected chi connectivity index (χ0v) is 16.5. The van der Waals surface area contributed by atoms with Gasteiger partial charge >= 0.3 is 6.03 Å². The van der Waals surface area contributed by atoms with Crippen LogP contribution in [0.2, 0.25) is 5.02 Å². The van der Waals surface area contributed by atoms with E-state index in [0.29, 0.717) is 6.04 Å². The van der Waals surface area contributed by atoms with Crippen molar-refractivity contribution in [1.29, 1.82) is 0 Å². The standard InChI is InChI=1S/C20H31ClN4O/c1-2-24-9-4-3-8-19(24)15-22-20(26)25-12-10-23(11-13-25)16-17-6-5-7-18(21)14-17/h5-7,14,19H,2-4,8-13,15-16H2,1H3,(H,22,26)/t19-/m1/s1. The minimum Gasteiger partial charge on any atom is -0.336 e. The van der Waals surface area contributed by atoms with Crippen LogP contribution in [0.5, 0.6) is 0 Å². The van der Waals surface area contributed by atoms with Crippen molar-refractivity contribution >= 4 is 17.6 Å². The first-order valence-electron chi connectivity index (χ1n) is 9.89. The third kappa shape index (κ3) is 5.35. The van der Waals surface area contributed by atoms with Crippen LogP contribution in [0.3, 0.4) is 0 Å². The predicted molar refractivity (Wildman–Crippen MR) is 107 cm³/mol. The van der Waals surface area contributed by atoms with Gasteiger partial charge < -0.3 is 10.2 Å². The lowest BCUT2D eigenvalue weighted by Gasteiger charge is -2.37. The summed E-state index contributed by atoms with van der Waals surface area (Å²) in [7, 11) is 0. The summed E-state index contributed by atoms with van der Waals surface area (Å²) in [4.78, 5) is 19.3. The molecular formula is C20H31ClN4O. The van der Waals surface area contributed by atoms with Gasteiger partial charge in [0.05, 0.1) is 0 Å². The van der Waals surface area contributed by atoms with Crippen molar-refractivity contribution in [2.45, 2.75) is 38.8 Å². The van der Waals surface area contributed by atoms with E-state index in [1.54, 1.807) is 0 Å². The van der Waals surface area contributed by atoms with Gasteiger partial charge in [0.15, 0.2) is 0 Å². The van der Waals surface area contributed by atoms with Crippen molar-refractivity contribution < 1.29 is 4.79 Å². The molecule has 2 saturated heterocycles. The number of hydrogen-bond donors (Lipinski definition) is 1. The lowest BCUT2D eigenvalue weighted by atomic mass is 10.0. The number of piperazine rings is 1. The number of amides is 2. The minimum absolute atomic E-state index is 0.0917. The summed E-state index contributed by atoms with van der Waals surface area (Å²) in [5, 5.41) is 3.95. The molecule has 0 bridgehead atoms. The Labute approximate surface area is 162 Å². The number of hydrogen-bond acceptors (Lipinski definition) is 3. The maximum absolute atomic E-state index is 12.5. The summed E-state index contributed by atoms with van der Waals surface area (Å²) in [6.45, 7) is 9.50. The molecule has 6 heteroatoms. The van der Waals surface area contributed by atoms with E-state index in [1.807, 2.05) is 23.1 Å². The molecule has 5 nitrogen and oxygen atoms in total. The highest BCUT2D eigenvalue weighted by Crippen LogP contribution is 2.16. The molecule has 144 valence electrons. The van der Waals surface area contributed by atoms with Gasteiger partial charge in [0.1, 0.15) is 0 Å². The zero-order chi connectivity index (χ0) is 18.4. The van der Waals surface area contributed by atoms with Crippen molar-refractivity contribution in [3.8, 4) is 0 Å². The minimum atomic E-state index is 0.0917. The second-order valence-electron chi connectivity index (χ2n) is 7.36. The van der Waals surface area contributed by atoms with Gasteiger partial charge in [0.2, 0.25) is 0 Å². The number of halogens is 1. The number of carbonyl (C=O) groups is 1. The molecule has 0 unspecified atom stereocenters. The second kappa shape index (κ2) is 9.58. The largest absolute Gasteiger partial charge is 0.336 e. The molecule has 0 saturated carbocycles. The third-order valence-corrected chi connectivity index (χ3v) is 5.83. The zero-order valence-electron chi connectivity index (χ0n) is 15.8. The molecule has 2 aliphatic heterocycles. The summed E-state index contributed by atoms with van der Waals surface area (Å²) in [5.74, 6) is 0. The van der Waals surface area contributed by atoms with Gasteiger partial charge in [0, 0.05) is 50.3 Å². The van der Waals surface area contributed by atoms with Crippen molar-refractivity contribution in [2.75, 3.05) is 45.8 Å². The van der Waals surface area contributed by atoms with Crippen LogP contribution in [0.4, 0.5) is 4.79 Å². The molecule has 1 aromatic carbocycles. The Kier molecular flexibility index (Phi) is 7.17. The van der Waals surface area contributed by atoms with Gasteiger partial charge in [-0.2, -0.15) is 0 Å². The Morgan fingerprint density at radius 2 is 2.00 bits per heavy atom. The maximum Gasteiger partial charge on any atom is 0.317 e. The Balaban J connectivity index is 1.40. The highest BCUT2D eigenvalue weighted by atomic mass is 35.5. The van der Waals surface area contributed by atoms with Crippen LogP contribution in [0, 0.1) is 0 Å². The second-order valence-corrected chi connectivity index (χ2v) is 7.79. The van der Waals surface area contributed by atoms with E-state index < -0.39 is 0 Å². The summed E-state index contributed by atoms with van der Waals surface area (Å²) in [5.41, 5.74) is 1.23. The highest BCUT2D eigenvalue weighted by Gasteiger charge is 2.24. The predicted octanol–water partition coefficient (Wildman–Crippen LogP) is 3.04. The Morgan fingerprint density at radius 3 is 2.73 bits per heavy atom. The number of carbonyl (C=O) groups excluding carboxylic acids is 1. The number of benzene rings is 1. The fraction of sp³-hybridized carbons (Fsp3) is 0.650. The summed E-state index contributed by atoms with van der Waals surface area (Å²) in [6, 6.07) is 8.61. The Morgan fingerprint density at radius 1 is 1.19 bits per heavy atom. The number of nitrogens with one attached hydrogen (secondary N) is 1. The molecular weight excluding hydrogens is 348 g/mol. The van der Waals surface area contributed by atoms with E-state index in [1.165, 1.54) is 31.4 Å². The summed E-state index contributed by atoms with van der Waals surface area (Å²) < 4.78 is 0. The smallest absolute Gasteiger partial charge is 0.317 e. The molecule has 2 fully saturated rings. The van der Waals surface area contributed by atoms with Gasteiger partial charge in [-0.25, -0.2) is 4.79 Å². The van der Waals surface area contributed by atoms with Crippen molar-refractivity contribution in [2.24, 2.45) is 0 Å². The first kappa shape index (κ1) is 19.5. The molecule has 3 rings (SSSR count). The molecule has 2 amide bonds. The average molecular weight is 379 g/mol. The lowest BCUT2D eigenvalue weighted by molar-refractivity contribution is 0.126. The van der Waals surface area contributed by atoms with Crippen LogP contribution in [0.15, 0.2) is 24.3 Å². The number of rotatable bonds is 5. The Bertz CT molecular complexity index is 589. The van der Waals surface area contributed by atoms with E-state index in [-0.39, 0.29) is 6.03 Å². The molecule has 2 heterocycles. The lowest BCUT2D eigenvalue weighted by Crippen LogP contribution is -2.54. The van der Waals surface area contributed by atoms with Gasteiger partial charge in [0.25, 0.3) is 0 Å². The van der Waals surface area contributed by atoms with E-state index >= 15 is 0 Å². The van der Waals surface area contributed by atoms with Crippen LogP contribution >= 0.6 is 11.6 Å². The van der Waals surface area contributed by atoms with E-state index in [2.05, 4.69) is 28.1 Å². The fourth-order valence-electron chi connectivity index (χ4n) is 4.03. The van der Waals surface area contributed by atoms with Crippen LogP contribution in [0.1, 0.15) is 31.7 Å². The summed E-state index contributed by atoms with van der Waals surface area (Å²) >= 11 is 6.06. The van der Waals surface area contributed by atoms with E-state index in [4.69, 9.17) is 11.6 Å². The number of likely N-dealkylation sites (N-methyl/N-ethyl adjacent to an activating group) is 1. The van der Waals surface area contributed by atoms with Crippen molar-refractivity contribution in [3.05, 3.63) is 34.9 Å². The number of likely N-dealkylation sites (tertiary alicyclic amines) is 1. The Hall–Kier alpha value is -1.30. The monoisotopic (exact) mass is 378 g/mol. The molecule has 2 aliphatic rings. The number of urea groups is 1.